The lowest BCUT2D eigenvalue weighted by Crippen LogP contribution is -2.33. The van der Waals surface area contributed by atoms with Crippen LogP contribution < -0.4 is 0 Å². The van der Waals surface area contributed by atoms with E-state index in [4.69, 9.17) is 16.3 Å². The van der Waals surface area contributed by atoms with E-state index in [0.29, 0.717) is 24.6 Å². The fourth-order valence-corrected chi connectivity index (χ4v) is 3.29. The summed E-state index contributed by atoms with van der Waals surface area (Å²) in [4.78, 5) is 37.1. The summed E-state index contributed by atoms with van der Waals surface area (Å²) in [5.74, 6) is -0.312. The first-order chi connectivity index (χ1) is 13.5. The zero-order valence-corrected chi connectivity index (χ0v) is 16.8. The maximum absolute atomic E-state index is 12.2. The van der Waals surface area contributed by atoms with Gasteiger partial charge in [-0.05, 0) is 43.0 Å². The van der Waals surface area contributed by atoms with Gasteiger partial charge in [0.05, 0.1) is 13.2 Å². The number of methoxy groups -OCH3 is 1. The van der Waals surface area contributed by atoms with Crippen molar-refractivity contribution in [1.82, 2.24) is 4.90 Å². The van der Waals surface area contributed by atoms with Crippen LogP contribution in [0.2, 0.25) is 5.02 Å². The van der Waals surface area contributed by atoms with Crippen LogP contribution >= 0.6 is 11.6 Å². The van der Waals surface area contributed by atoms with Gasteiger partial charge >= 0.3 is 5.97 Å². The highest BCUT2D eigenvalue weighted by atomic mass is 35.5. The van der Waals surface area contributed by atoms with Gasteiger partial charge in [0.1, 0.15) is 6.61 Å². The molecule has 0 radical (unpaired) electrons. The predicted octanol–water partition coefficient (Wildman–Crippen LogP) is 2.97. The number of nitrogens with zero attached hydrogens (tertiary/aromatic N) is 1. The Balaban J connectivity index is 1.75. The van der Waals surface area contributed by atoms with E-state index in [9.17, 15) is 14.4 Å². The quantitative estimate of drug-likeness (QED) is 0.320. The second-order valence-corrected chi connectivity index (χ2v) is 7.10. The standard InChI is InChI=1S/C21H26ClNO5/c1-27-21(26)15-28-12-3-2-11-23-18(8-10-20(23)25)7-9-19(24)14-16-5-4-6-17(22)13-16/h4-7,9,13,18H,2-3,8,10-12,14-15H2,1H3/b9-7+. The van der Waals surface area contributed by atoms with E-state index in [2.05, 4.69) is 4.74 Å². The van der Waals surface area contributed by atoms with Crippen LogP contribution in [0.15, 0.2) is 36.4 Å². The molecule has 1 atom stereocenters. The Morgan fingerprint density at radius 3 is 2.89 bits per heavy atom. The molecule has 0 bridgehead atoms. The summed E-state index contributed by atoms with van der Waals surface area (Å²) in [5, 5.41) is 0.609. The van der Waals surface area contributed by atoms with Gasteiger partial charge < -0.3 is 14.4 Å². The number of hydrogen-bond acceptors (Lipinski definition) is 5. The third kappa shape index (κ3) is 7.44. The number of hydrogen-bond donors (Lipinski definition) is 0. The largest absolute Gasteiger partial charge is 0.467 e. The number of carbonyl (C=O) groups excluding carboxylic acids is 3. The molecule has 1 saturated heterocycles. The van der Waals surface area contributed by atoms with Crippen molar-refractivity contribution in [1.29, 1.82) is 0 Å². The second kappa shape index (κ2) is 11.6. The molecule has 1 fully saturated rings. The minimum atomic E-state index is -0.401. The molecule has 1 aromatic rings. The molecular weight excluding hydrogens is 382 g/mol. The van der Waals surface area contributed by atoms with Gasteiger partial charge in [-0.3, -0.25) is 9.59 Å². The molecule has 0 N–H and O–H groups in total. The molecule has 1 heterocycles. The van der Waals surface area contributed by atoms with Crippen LogP contribution in [0.3, 0.4) is 0 Å². The zero-order chi connectivity index (χ0) is 20.4. The molecule has 0 aliphatic carbocycles. The minimum Gasteiger partial charge on any atom is -0.467 e. The van der Waals surface area contributed by atoms with Crippen molar-refractivity contribution in [3.05, 3.63) is 47.0 Å². The van der Waals surface area contributed by atoms with E-state index in [0.717, 1.165) is 24.8 Å². The number of halogens is 1. The molecule has 152 valence electrons. The van der Waals surface area contributed by atoms with Gasteiger partial charge in [-0.15, -0.1) is 0 Å². The number of ether oxygens (including phenoxy) is 2. The normalized spacial score (nSPS) is 16.7. The summed E-state index contributed by atoms with van der Waals surface area (Å²) in [6.45, 7) is 0.993. The average Bonchev–Trinajstić information content (AvgIpc) is 3.02. The lowest BCUT2D eigenvalue weighted by Gasteiger charge is -2.22. The first-order valence-corrected chi connectivity index (χ1v) is 9.77. The predicted molar refractivity (Wildman–Crippen MR) is 106 cm³/mol. The third-order valence-corrected chi connectivity index (χ3v) is 4.77. The Kier molecular flexibility index (Phi) is 9.17. The Hall–Kier alpha value is -2.18. The molecule has 2 rings (SSSR count). The minimum absolute atomic E-state index is 0.0159. The Labute approximate surface area is 170 Å². The fraction of sp³-hybridized carbons (Fsp3) is 0.476. The van der Waals surface area contributed by atoms with Gasteiger partial charge in [-0.1, -0.05) is 29.8 Å². The maximum atomic E-state index is 12.2. The second-order valence-electron chi connectivity index (χ2n) is 6.66. The number of benzene rings is 1. The molecule has 1 amide bonds. The van der Waals surface area contributed by atoms with Crippen LogP contribution in [0, 0.1) is 0 Å². The number of rotatable bonds is 11. The molecule has 1 unspecified atom stereocenters. The SMILES string of the molecule is COC(=O)COCCCCN1C(=O)CCC1/C=C/C(=O)Cc1cccc(Cl)c1. The number of carbonyl (C=O) groups is 3. The van der Waals surface area contributed by atoms with Crippen molar-refractivity contribution in [3.63, 3.8) is 0 Å². The topological polar surface area (TPSA) is 72.9 Å². The zero-order valence-electron chi connectivity index (χ0n) is 16.1. The van der Waals surface area contributed by atoms with Gasteiger partial charge in [-0.2, -0.15) is 0 Å². The van der Waals surface area contributed by atoms with E-state index in [-0.39, 0.29) is 30.8 Å². The lowest BCUT2D eigenvalue weighted by atomic mass is 10.1. The van der Waals surface area contributed by atoms with Gasteiger partial charge in [0, 0.05) is 31.0 Å². The molecule has 7 heteroatoms. The van der Waals surface area contributed by atoms with Gasteiger partial charge in [0.2, 0.25) is 5.91 Å². The van der Waals surface area contributed by atoms with Crippen molar-refractivity contribution in [2.75, 3.05) is 26.9 Å². The Morgan fingerprint density at radius 1 is 1.32 bits per heavy atom. The highest BCUT2D eigenvalue weighted by Gasteiger charge is 2.28. The maximum Gasteiger partial charge on any atom is 0.331 e. The third-order valence-electron chi connectivity index (χ3n) is 4.53. The number of likely N-dealkylation sites (tertiary alicyclic amines) is 1. The van der Waals surface area contributed by atoms with Crippen molar-refractivity contribution in [3.8, 4) is 0 Å². The Morgan fingerprint density at radius 2 is 2.14 bits per heavy atom. The van der Waals surface area contributed by atoms with Crippen LogP contribution in [0.4, 0.5) is 0 Å². The van der Waals surface area contributed by atoms with Crippen LogP contribution in [0.5, 0.6) is 0 Å². The smallest absolute Gasteiger partial charge is 0.331 e. The van der Waals surface area contributed by atoms with Crippen LogP contribution in [0.25, 0.3) is 0 Å². The summed E-state index contributed by atoms with van der Waals surface area (Å²) < 4.78 is 9.70. The molecule has 1 aliphatic rings. The van der Waals surface area contributed by atoms with Gasteiger partial charge in [0.15, 0.2) is 5.78 Å². The highest BCUT2D eigenvalue weighted by Crippen LogP contribution is 2.20. The van der Waals surface area contributed by atoms with E-state index in [1.54, 1.807) is 18.2 Å². The first-order valence-electron chi connectivity index (χ1n) is 9.39. The summed E-state index contributed by atoms with van der Waals surface area (Å²) in [6.07, 6.45) is 6.41. The number of amides is 1. The van der Waals surface area contributed by atoms with Crippen LogP contribution in [-0.4, -0.2) is 55.5 Å². The Bertz CT molecular complexity index is 719. The number of unbranched alkanes of at least 4 members (excludes halogenated alkanes) is 1. The van der Waals surface area contributed by atoms with Crippen molar-refractivity contribution in [2.45, 2.75) is 38.1 Å². The van der Waals surface area contributed by atoms with Crippen LogP contribution in [-0.2, 0) is 30.3 Å². The summed E-state index contributed by atoms with van der Waals surface area (Å²) in [7, 11) is 1.32. The summed E-state index contributed by atoms with van der Waals surface area (Å²) in [5.41, 5.74) is 0.869. The molecule has 28 heavy (non-hydrogen) atoms. The summed E-state index contributed by atoms with van der Waals surface area (Å²) >= 11 is 5.94. The average molecular weight is 408 g/mol. The van der Waals surface area contributed by atoms with E-state index >= 15 is 0 Å². The van der Waals surface area contributed by atoms with Crippen LogP contribution in [0.1, 0.15) is 31.2 Å². The molecule has 1 aliphatic heterocycles. The van der Waals surface area contributed by atoms with E-state index < -0.39 is 5.97 Å². The van der Waals surface area contributed by atoms with Crippen molar-refractivity contribution < 1.29 is 23.9 Å². The highest BCUT2D eigenvalue weighted by molar-refractivity contribution is 6.30. The molecular formula is C21H26ClNO5. The van der Waals surface area contributed by atoms with Gasteiger partial charge in [-0.25, -0.2) is 4.79 Å². The molecule has 0 saturated carbocycles. The van der Waals surface area contributed by atoms with Crippen molar-refractivity contribution in [2.24, 2.45) is 0 Å². The summed E-state index contributed by atoms with van der Waals surface area (Å²) in [6, 6.07) is 7.19. The molecule has 0 spiro atoms. The van der Waals surface area contributed by atoms with E-state index in [1.165, 1.54) is 7.11 Å². The molecule has 1 aromatic carbocycles. The molecule has 0 aromatic heterocycles. The van der Waals surface area contributed by atoms with Crippen molar-refractivity contribution >= 4 is 29.3 Å². The molecule has 6 nitrogen and oxygen atoms in total. The number of ketones is 1. The number of allylic oxidation sites excluding steroid dienone is 1. The lowest BCUT2D eigenvalue weighted by molar-refractivity contribution is -0.145. The monoisotopic (exact) mass is 407 g/mol. The number of esters is 1. The van der Waals surface area contributed by atoms with E-state index in [1.807, 2.05) is 23.1 Å². The first kappa shape index (κ1) is 22.1. The fourth-order valence-electron chi connectivity index (χ4n) is 3.07. The van der Waals surface area contributed by atoms with Gasteiger partial charge in [0.25, 0.3) is 0 Å².